The van der Waals surface area contributed by atoms with Crippen molar-refractivity contribution in [3.8, 4) is 0 Å². The molecule has 1 atom stereocenters. The highest BCUT2D eigenvalue weighted by Crippen LogP contribution is 2.28. The fraction of sp³-hybridized carbons (Fsp3) is 1.00. The normalized spacial score (nSPS) is 15.2. The SMILES string of the molecule is CC(C)CSC(C)(C)[C@@H](N)CO. The Hall–Kier alpha value is 0.270. The van der Waals surface area contributed by atoms with Crippen LogP contribution in [0, 0.1) is 5.92 Å². The molecule has 0 aliphatic rings. The molecule has 0 spiro atoms. The molecule has 0 aliphatic heterocycles. The van der Waals surface area contributed by atoms with Crippen molar-refractivity contribution in [2.24, 2.45) is 11.7 Å². The summed E-state index contributed by atoms with van der Waals surface area (Å²) in [5.74, 6) is 1.78. The Morgan fingerprint density at radius 2 is 1.92 bits per heavy atom. The van der Waals surface area contributed by atoms with Crippen molar-refractivity contribution in [1.29, 1.82) is 0 Å². The predicted molar refractivity (Wildman–Crippen MR) is 56.4 cm³/mol. The van der Waals surface area contributed by atoms with Crippen molar-refractivity contribution < 1.29 is 5.11 Å². The van der Waals surface area contributed by atoms with E-state index < -0.39 is 0 Å². The zero-order valence-corrected chi connectivity index (χ0v) is 9.32. The summed E-state index contributed by atoms with van der Waals surface area (Å²) in [6.45, 7) is 8.61. The minimum atomic E-state index is -0.124. The molecule has 0 saturated carbocycles. The van der Waals surface area contributed by atoms with Gasteiger partial charge in [-0.05, 0) is 25.5 Å². The molecule has 74 valence electrons. The molecule has 0 radical (unpaired) electrons. The van der Waals surface area contributed by atoms with Crippen LogP contribution in [0.5, 0.6) is 0 Å². The van der Waals surface area contributed by atoms with Gasteiger partial charge in [-0.2, -0.15) is 11.8 Å². The van der Waals surface area contributed by atoms with Gasteiger partial charge in [-0.3, -0.25) is 0 Å². The Labute approximate surface area is 79.9 Å². The first-order valence-electron chi connectivity index (χ1n) is 4.40. The monoisotopic (exact) mass is 191 g/mol. The molecule has 2 nitrogen and oxygen atoms in total. The molecule has 0 aliphatic carbocycles. The predicted octanol–water partition coefficient (Wildman–Crippen LogP) is 1.47. The first-order valence-corrected chi connectivity index (χ1v) is 5.39. The molecule has 0 aromatic heterocycles. The molecule has 3 N–H and O–H groups in total. The fourth-order valence-corrected chi connectivity index (χ4v) is 1.76. The summed E-state index contributed by atoms with van der Waals surface area (Å²) in [4.78, 5) is 0. The minimum Gasteiger partial charge on any atom is -0.395 e. The molecule has 0 amide bonds. The van der Waals surface area contributed by atoms with E-state index in [1.54, 1.807) is 0 Å². The second kappa shape index (κ2) is 5.10. The highest BCUT2D eigenvalue weighted by molar-refractivity contribution is 8.00. The molecule has 0 aromatic carbocycles. The van der Waals surface area contributed by atoms with Gasteiger partial charge in [-0.25, -0.2) is 0 Å². The summed E-state index contributed by atoms with van der Waals surface area (Å²) in [6.07, 6.45) is 0. The molecule has 0 unspecified atom stereocenters. The second-order valence-electron chi connectivity index (χ2n) is 4.10. The molecule has 0 rings (SSSR count). The third-order valence-corrected chi connectivity index (χ3v) is 3.76. The largest absolute Gasteiger partial charge is 0.395 e. The van der Waals surface area contributed by atoms with Crippen LogP contribution in [0.3, 0.4) is 0 Å². The molecule has 3 heteroatoms. The van der Waals surface area contributed by atoms with E-state index in [0.717, 1.165) is 5.75 Å². The smallest absolute Gasteiger partial charge is 0.0595 e. The van der Waals surface area contributed by atoms with E-state index in [1.807, 2.05) is 11.8 Å². The summed E-state index contributed by atoms with van der Waals surface area (Å²) >= 11 is 1.83. The molecule has 0 fully saturated rings. The van der Waals surface area contributed by atoms with Crippen molar-refractivity contribution in [3.05, 3.63) is 0 Å². The Bertz CT molecular complexity index is 126. The van der Waals surface area contributed by atoms with Gasteiger partial charge >= 0.3 is 0 Å². The van der Waals surface area contributed by atoms with Crippen molar-refractivity contribution in [1.82, 2.24) is 0 Å². The molecular formula is C9H21NOS. The molecular weight excluding hydrogens is 170 g/mol. The first-order chi connectivity index (χ1) is 5.40. The number of hydrogen-bond acceptors (Lipinski definition) is 3. The van der Waals surface area contributed by atoms with Crippen molar-refractivity contribution in [2.75, 3.05) is 12.4 Å². The molecule has 0 heterocycles. The number of rotatable bonds is 5. The van der Waals surface area contributed by atoms with Crippen LogP contribution < -0.4 is 5.73 Å². The van der Waals surface area contributed by atoms with E-state index in [-0.39, 0.29) is 17.4 Å². The molecule has 0 bridgehead atoms. The Morgan fingerprint density at radius 3 is 2.25 bits per heavy atom. The quantitative estimate of drug-likeness (QED) is 0.692. The average molecular weight is 191 g/mol. The third-order valence-electron chi connectivity index (χ3n) is 1.88. The summed E-state index contributed by atoms with van der Waals surface area (Å²) in [5.41, 5.74) is 5.77. The van der Waals surface area contributed by atoms with Crippen molar-refractivity contribution >= 4 is 11.8 Å². The van der Waals surface area contributed by atoms with Gasteiger partial charge < -0.3 is 10.8 Å². The van der Waals surface area contributed by atoms with Gasteiger partial charge in [-0.1, -0.05) is 13.8 Å². The van der Waals surface area contributed by atoms with Gasteiger partial charge in [0.2, 0.25) is 0 Å². The molecule has 0 aromatic rings. The third kappa shape index (κ3) is 4.33. The van der Waals surface area contributed by atoms with Crippen molar-refractivity contribution in [3.63, 3.8) is 0 Å². The van der Waals surface area contributed by atoms with E-state index in [9.17, 15) is 0 Å². The van der Waals surface area contributed by atoms with E-state index in [0.29, 0.717) is 5.92 Å². The topological polar surface area (TPSA) is 46.2 Å². The first kappa shape index (κ1) is 12.3. The highest BCUT2D eigenvalue weighted by Gasteiger charge is 2.26. The number of aliphatic hydroxyl groups excluding tert-OH is 1. The zero-order chi connectivity index (χ0) is 9.78. The van der Waals surface area contributed by atoms with E-state index in [1.165, 1.54) is 0 Å². The van der Waals surface area contributed by atoms with Crippen molar-refractivity contribution in [2.45, 2.75) is 38.5 Å². The van der Waals surface area contributed by atoms with E-state index >= 15 is 0 Å². The lowest BCUT2D eigenvalue weighted by atomic mass is 10.1. The number of thioether (sulfide) groups is 1. The van der Waals surface area contributed by atoms with Crippen LogP contribution in [-0.2, 0) is 0 Å². The highest BCUT2D eigenvalue weighted by atomic mass is 32.2. The van der Waals surface area contributed by atoms with Crippen LogP contribution in [-0.4, -0.2) is 28.3 Å². The Morgan fingerprint density at radius 1 is 1.42 bits per heavy atom. The Kier molecular flexibility index (Phi) is 5.21. The maximum atomic E-state index is 8.90. The summed E-state index contributed by atoms with van der Waals surface area (Å²) in [5, 5.41) is 8.90. The number of nitrogens with two attached hydrogens (primary N) is 1. The maximum absolute atomic E-state index is 8.90. The Balaban J connectivity index is 3.86. The van der Waals surface area contributed by atoms with Gasteiger partial charge in [-0.15, -0.1) is 0 Å². The van der Waals surface area contributed by atoms with Crippen LogP contribution in [0.2, 0.25) is 0 Å². The zero-order valence-electron chi connectivity index (χ0n) is 8.50. The second-order valence-corrected chi connectivity index (χ2v) is 5.77. The number of hydrogen-bond donors (Lipinski definition) is 2. The van der Waals surface area contributed by atoms with E-state index in [4.69, 9.17) is 10.8 Å². The summed E-state index contributed by atoms with van der Waals surface area (Å²) in [6, 6.07) is -0.124. The minimum absolute atomic E-state index is 0.0149. The maximum Gasteiger partial charge on any atom is 0.0595 e. The fourth-order valence-electron chi connectivity index (χ4n) is 0.708. The summed E-state index contributed by atoms with van der Waals surface area (Å²) < 4.78 is -0.0149. The van der Waals surface area contributed by atoms with Gasteiger partial charge in [0, 0.05) is 10.8 Å². The van der Waals surface area contributed by atoms with Crippen LogP contribution in [0.25, 0.3) is 0 Å². The standard InChI is InChI=1S/C9H21NOS/c1-7(2)6-12-9(3,4)8(10)5-11/h7-8,11H,5-6,10H2,1-4H3/t8-/m0/s1. The van der Waals surface area contributed by atoms with Gasteiger partial charge in [0.25, 0.3) is 0 Å². The van der Waals surface area contributed by atoms with Gasteiger partial charge in [0.15, 0.2) is 0 Å². The van der Waals surface area contributed by atoms with Crippen LogP contribution in [0.15, 0.2) is 0 Å². The van der Waals surface area contributed by atoms with Gasteiger partial charge in [0.05, 0.1) is 6.61 Å². The lowest BCUT2D eigenvalue weighted by molar-refractivity contribution is 0.248. The van der Waals surface area contributed by atoms with Crippen LogP contribution in [0.4, 0.5) is 0 Å². The molecule has 12 heavy (non-hydrogen) atoms. The lowest BCUT2D eigenvalue weighted by Crippen LogP contribution is -2.43. The molecule has 0 saturated heterocycles. The van der Waals surface area contributed by atoms with Crippen LogP contribution in [0.1, 0.15) is 27.7 Å². The van der Waals surface area contributed by atoms with Crippen LogP contribution >= 0.6 is 11.8 Å². The van der Waals surface area contributed by atoms with Gasteiger partial charge in [0.1, 0.15) is 0 Å². The average Bonchev–Trinajstić information content (AvgIpc) is 1.99. The summed E-state index contributed by atoms with van der Waals surface area (Å²) in [7, 11) is 0. The lowest BCUT2D eigenvalue weighted by Gasteiger charge is -2.30. The number of aliphatic hydroxyl groups is 1. The van der Waals surface area contributed by atoms with E-state index in [2.05, 4.69) is 27.7 Å².